The average Bonchev–Trinajstić information content (AvgIpc) is 2.01. The summed E-state index contributed by atoms with van der Waals surface area (Å²) in [6.07, 6.45) is 0. The molecule has 0 bridgehead atoms. The molecule has 0 aliphatic heterocycles. The molecular formula is C12H18OS. The highest BCUT2D eigenvalue weighted by Crippen LogP contribution is 2.18. The van der Waals surface area contributed by atoms with Gasteiger partial charge in [-0.2, -0.15) is 0 Å². The lowest BCUT2D eigenvalue weighted by atomic mass is 10.0. The van der Waals surface area contributed by atoms with Gasteiger partial charge in [-0.15, -0.1) is 12.6 Å². The molecule has 0 fully saturated rings. The number of hydrogen-bond acceptors (Lipinski definition) is 2. The average molecular weight is 210 g/mol. The molecule has 0 saturated heterocycles. The zero-order valence-electron chi connectivity index (χ0n) is 9.29. The summed E-state index contributed by atoms with van der Waals surface area (Å²) in [6.45, 7) is 8.96. The lowest BCUT2D eigenvalue weighted by molar-refractivity contribution is 0.111. The minimum atomic E-state index is -0.00453. The van der Waals surface area contributed by atoms with Crippen LogP contribution in [-0.2, 0) is 11.3 Å². The van der Waals surface area contributed by atoms with Crippen molar-refractivity contribution in [3.05, 3.63) is 34.4 Å². The first kappa shape index (κ1) is 11.6. The molecule has 2 heteroatoms. The highest BCUT2D eigenvalue weighted by molar-refractivity contribution is 7.80. The Bertz CT molecular complexity index is 295. The first-order valence-corrected chi connectivity index (χ1v) is 5.38. The molecule has 0 saturated carbocycles. The fourth-order valence-electron chi connectivity index (χ4n) is 1.64. The van der Waals surface area contributed by atoms with E-state index in [-0.39, 0.29) is 5.44 Å². The van der Waals surface area contributed by atoms with Crippen molar-refractivity contribution in [1.29, 1.82) is 0 Å². The van der Waals surface area contributed by atoms with Crippen LogP contribution in [-0.4, -0.2) is 5.44 Å². The summed E-state index contributed by atoms with van der Waals surface area (Å²) in [6, 6.07) is 4.38. The molecule has 14 heavy (non-hydrogen) atoms. The summed E-state index contributed by atoms with van der Waals surface area (Å²) in [5.41, 5.74) is 5.20. The molecule has 0 aliphatic carbocycles. The molecule has 0 aliphatic rings. The lowest BCUT2D eigenvalue weighted by Gasteiger charge is -2.13. The molecule has 1 rings (SSSR count). The van der Waals surface area contributed by atoms with Gasteiger partial charge in [0, 0.05) is 0 Å². The van der Waals surface area contributed by atoms with Gasteiger partial charge in [-0.3, -0.25) is 0 Å². The maximum atomic E-state index is 5.49. The van der Waals surface area contributed by atoms with Crippen LogP contribution in [0.2, 0.25) is 0 Å². The van der Waals surface area contributed by atoms with E-state index in [9.17, 15) is 0 Å². The summed E-state index contributed by atoms with van der Waals surface area (Å²) >= 11 is 4.19. The van der Waals surface area contributed by atoms with E-state index < -0.39 is 0 Å². The van der Waals surface area contributed by atoms with Crippen LogP contribution in [0.5, 0.6) is 0 Å². The molecule has 1 atom stereocenters. The van der Waals surface area contributed by atoms with E-state index in [1.807, 2.05) is 6.92 Å². The largest absolute Gasteiger partial charge is 0.363 e. The van der Waals surface area contributed by atoms with E-state index >= 15 is 0 Å². The predicted molar refractivity (Wildman–Crippen MR) is 63.9 cm³/mol. The molecule has 1 aromatic rings. The normalized spacial score (nSPS) is 12.9. The second-order valence-electron chi connectivity index (χ2n) is 3.79. The highest BCUT2D eigenvalue weighted by Gasteiger charge is 2.04. The fourth-order valence-corrected chi connectivity index (χ4v) is 1.72. The summed E-state index contributed by atoms with van der Waals surface area (Å²) in [5, 5.41) is 0. The third kappa shape index (κ3) is 3.03. The van der Waals surface area contributed by atoms with Gasteiger partial charge in [-0.05, 0) is 44.4 Å². The maximum absolute atomic E-state index is 5.49. The Morgan fingerprint density at radius 1 is 1.21 bits per heavy atom. The Balaban J connectivity index is 2.86. The molecule has 0 unspecified atom stereocenters. The Morgan fingerprint density at radius 3 is 2.14 bits per heavy atom. The van der Waals surface area contributed by atoms with Crippen LogP contribution in [0, 0.1) is 20.8 Å². The molecule has 0 N–H and O–H groups in total. The van der Waals surface area contributed by atoms with Gasteiger partial charge in [-0.1, -0.05) is 17.7 Å². The van der Waals surface area contributed by atoms with Gasteiger partial charge < -0.3 is 4.74 Å². The van der Waals surface area contributed by atoms with Crippen molar-refractivity contribution in [2.75, 3.05) is 0 Å². The standard InChI is InChI=1S/C12H18OS/c1-8-5-9(2)12(10(3)6-8)7-13-11(4)14/h5-6,11,14H,7H2,1-4H3/t11-/m1/s1. The number of ether oxygens (including phenoxy) is 1. The van der Waals surface area contributed by atoms with Crippen molar-refractivity contribution >= 4 is 12.6 Å². The first-order valence-electron chi connectivity index (χ1n) is 4.87. The monoisotopic (exact) mass is 210 g/mol. The van der Waals surface area contributed by atoms with Crippen LogP contribution < -0.4 is 0 Å². The topological polar surface area (TPSA) is 9.23 Å². The van der Waals surface area contributed by atoms with E-state index in [1.54, 1.807) is 0 Å². The quantitative estimate of drug-likeness (QED) is 0.594. The summed E-state index contributed by atoms with van der Waals surface area (Å²) < 4.78 is 5.49. The number of hydrogen-bond donors (Lipinski definition) is 1. The first-order chi connectivity index (χ1) is 6.50. The van der Waals surface area contributed by atoms with Gasteiger partial charge in [0.25, 0.3) is 0 Å². The Kier molecular flexibility index (Phi) is 4.02. The van der Waals surface area contributed by atoms with Gasteiger partial charge in [0.15, 0.2) is 0 Å². The molecule has 0 radical (unpaired) electrons. The van der Waals surface area contributed by atoms with Crippen molar-refractivity contribution < 1.29 is 4.74 Å². The van der Waals surface area contributed by atoms with E-state index in [4.69, 9.17) is 4.74 Å². The molecule has 0 spiro atoms. The van der Waals surface area contributed by atoms with Crippen molar-refractivity contribution in [3.63, 3.8) is 0 Å². The van der Waals surface area contributed by atoms with E-state index in [0.29, 0.717) is 6.61 Å². The van der Waals surface area contributed by atoms with Crippen molar-refractivity contribution in [2.24, 2.45) is 0 Å². The van der Waals surface area contributed by atoms with Crippen molar-refractivity contribution in [3.8, 4) is 0 Å². The zero-order valence-corrected chi connectivity index (χ0v) is 10.2. The van der Waals surface area contributed by atoms with Gasteiger partial charge in [0.2, 0.25) is 0 Å². The van der Waals surface area contributed by atoms with Gasteiger partial charge >= 0.3 is 0 Å². The predicted octanol–water partition coefficient (Wildman–Crippen LogP) is 3.40. The highest BCUT2D eigenvalue weighted by atomic mass is 32.1. The van der Waals surface area contributed by atoms with Crippen LogP contribution in [0.15, 0.2) is 12.1 Å². The number of thiol groups is 1. The summed E-state index contributed by atoms with van der Waals surface area (Å²) in [4.78, 5) is 0. The molecule has 78 valence electrons. The Labute approximate surface area is 91.9 Å². The number of rotatable bonds is 3. The van der Waals surface area contributed by atoms with Gasteiger partial charge in [-0.25, -0.2) is 0 Å². The number of aryl methyl sites for hydroxylation is 3. The second kappa shape index (κ2) is 4.85. The molecule has 0 heterocycles. The SMILES string of the molecule is Cc1cc(C)c(CO[C@@H](C)S)c(C)c1. The smallest absolute Gasteiger partial charge is 0.0975 e. The minimum absolute atomic E-state index is 0.00453. The van der Waals surface area contributed by atoms with Crippen LogP contribution in [0.3, 0.4) is 0 Å². The fraction of sp³-hybridized carbons (Fsp3) is 0.500. The summed E-state index contributed by atoms with van der Waals surface area (Å²) in [5.74, 6) is 0. The molecule has 0 amide bonds. The number of benzene rings is 1. The third-order valence-electron chi connectivity index (χ3n) is 2.31. The molecule has 0 aromatic heterocycles. The second-order valence-corrected chi connectivity index (χ2v) is 4.51. The zero-order chi connectivity index (χ0) is 10.7. The van der Waals surface area contributed by atoms with Gasteiger partial charge in [0.1, 0.15) is 0 Å². The Hall–Kier alpha value is -0.470. The van der Waals surface area contributed by atoms with E-state index in [2.05, 4.69) is 45.5 Å². The van der Waals surface area contributed by atoms with Gasteiger partial charge in [0.05, 0.1) is 12.0 Å². The molecular weight excluding hydrogens is 192 g/mol. The van der Waals surface area contributed by atoms with Crippen molar-refractivity contribution in [2.45, 2.75) is 39.7 Å². The third-order valence-corrected chi connectivity index (χ3v) is 2.46. The van der Waals surface area contributed by atoms with Crippen LogP contribution >= 0.6 is 12.6 Å². The molecule has 1 nitrogen and oxygen atoms in total. The van der Waals surface area contributed by atoms with Crippen LogP contribution in [0.25, 0.3) is 0 Å². The molecule has 1 aromatic carbocycles. The van der Waals surface area contributed by atoms with Crippen LogP contribution in [0.1, 0.15) is 29.2 Å². The van der Waals surface area contributed by atoms with Crippen molar-refractivity contribution in [1.82, 2.24) is 0 Å². The lowest BCUT2D eigenvalue weighted by Crippen LogP contribution is -2.03. The maximum Gasteiger partial charge on any atom is 0.0975 e. The summed E-state index contributed by atoms with van der Waals surface area (Å²) in [7, 11) is 0. The van der Waals surface area contributed by atoms with Crippen LogP contribution in [0.4, 0.5) is 0 Å². The Morgan fingerprint density at radius 2 is 1.71 bits per heavy atom. The minimum Gasteiger partial charge on any atom is -0.363 e. The van der Waals surface area contributed by atoms with E-state index in [1.165, 1.54) is 22.3 Å². The van der Waals surface area contributed by atoms with E-state index in [0.717, 1.165) is 0 Å².